The number of rotatable bonds is 5. The third-order valence-corrected chi connectivity index (χ3v) is 4.44. The van der Waals surface area contributed by atoms with Crippen LogP contribution in [0, 0.1) is 0 Å². The van der Waals surface area contributed by atoms with Crippen LogP contribution in [0.2, 0.25) is 4.34 Å². The first-order chi connectivity index (χ1) is 8.20. The molecule has 2 rings (SSSR count). The lowest BCUT2D eigenvalue weighted by Gasteiger charge is -2.09. The molecule has 0 aliphatic carbocycles. The number of thiazole rings is 2. The first-order valence-electron chi connectivity index (χ1n) is 5.51. The number of aromatic nitrogens is 2. The Balaban J connectivity index is 2.10. The molecule has 0 fully saturated rings. The molecule has 0 aliphatic heterocycles. The van der Waals surface area contributed by atoms with Crippen molar-refractivity contribution in [1.29, 1.82) is 0 Å². The summed E-state index contributed by atoms with van der Waals surface area (Å²) in [6.07, 6.45) is 2.80. The van der Waals surface area contributed by atoms with Crippen molar-refractivity contribution in [1.82, 2.24) is 15.3 Å². The van der Waals surface area contributed by atoms with Gasteiger partial charge in [-0.3, -0.25) is 0 Å². The highest BCUT2D eigenvalue weighted by Crippen LogP contribution is 2.31. The van der Waals surface area contributed by atoms with Gasteiger partial charge in [0, 0.05) is 11.4 Å². The summed E-state index contributed by atoms with van der Waals surface area (Å²) in [4.78, 5) is 8.83. The third-order valence-electron chi connectivity index (χ3n) is 2.33. The molecule has 0 aliphatic rings. The summed E-state index contributed by atoms with van der Waals surface area (Å²) in [5.74, 6) is 0. The number of nitrogens with one attached hydrogen (secondary N) is 1. The molecule has 1 atom stereocenters. The quantitative estimate of drug-likeness (QED) is 0.904. The molecule has 0 amide bonds. The molecular formula is C11H14ClN3S2. The SMILES string of the molecule is CCCNC(C)c1csc(-c2ncc(Cl)s2)n1. The van der Waals surface area contributed by atoms with E-state index in [-0.39, 0.29) is 6.04 Å². The van der Waals surface area contributed by atoms with Crippen molar-refractivity contribution in [2.24, 2.45) is 0 Å². The Morgan fingerprint density at radius 2 is 2.29 bits per heavy atom. The second-order valence-electron chi connectivity index (χ2n) is 3.72. The zero-order valence-electron chi connectivity index (χ0n) is 9.74. The standard InChI is InChI=1S/C11H14ClN3S2/c1-3-4-13-7(2)8-6-16-11(15-8)10-14-5-9(12)17-10/h5-7,13H,3-4H2,1-2H3. The Morgan fingerprint density at radius 3 is 2.94 bits per heavy atom. The van der Waals surface area contributed by atoms with Gasteiger partial charge in [0.05, 0.1) is 11.9 Å². The summed E-state index contributed by atoms with van der Waals surface area (Å²) in [6, 6.07) is 0.287. The molecule has 0 aromatic carbocycles. The van der Waals surface area contributed by atoms with Crippen LogP contribution in [0.15, 0.2) is 11.6 Å². The van der Waals surface area contributed by atoms with Crippen molar-refractivity contribution in [3.8, 4) is 10.0 Å². The zero-order valence-corrected chi connectivity index (χ0v) is 12.1. The first kappa shape index (κ1) is 13.0. The number of hydrogen-bond donors (Lipinski definition) is 1. The summed E-state index contributed by atoms with van der Waals surface area (Å²) in [5.41, 5.74) is 1.07. The minimum absolute atomic E-state index is 0.287. The van der Waals surface area contributed by atoms with E-state index < -0.39 is 0 Å². The van der Waals surface area contributed by atoms with Gasteiger partial charge < -0.3 is 5.32 Å². The van der Waals surface area contributed by atoms with E-state index in [1.54, 1.807) is 17.5 Å². The van der Waals surface area contributed by atoms with Crippen LogP contribution in [0.4, 0.5) is 0 Å². The monoisotopic (exact) mass is 287 g/mol. The van der Waals surface area contributed by atoms with Crippen molar-refractivity contribution in [2.45, 2.75) is 26.3 Å². The van der Waals surface area contributed by atoms with E-state index in [2.05, 4.69) is 34.5 Å². The molecule has 0 saturated carbocycles. The van der Waals surface area contributed by atoms with Crippen LogP contribution in [0.5, 0.6) is 0 Å². The Kier molecular flexibility index (Phi) is 4.50. The predicted molar refractivity (Wildman–Crippen MR) is 74.9 cm³/mol. The van der Waals surface area contributed by atoms with Crippen LogP contribution in [-0.4, -0.2) is 16.5 Å². The number of halogens is 1. The largest absolute Gasteiger partial charge is 0.309 e. The Labute approximate surface area is 114 Å². The maximum atomic E-state index is 5.87. The van der Waals surface area contributed by atoms with Crippen LogP contribution in [0.3, 0.4) is 0 Å². The maximum absolute atomic E-state index is 5.87. The number of nitrogens with zero attached hydrogens (tertiary/aromatic N) is 2. The maximum Gasteiger partial charge on any atom is 0.153 e. The molecule has 2 aromatic heterocycles. The molecule has 2 aromatic rings. The molecule has 1 N–H and O–H groups in total. The van der Waals surface area contributed by atoms with E-state index in [4.69, 9.17) is 11.6 Å². The topological polar surface area (TPSA) is 37.8 Å². The fourth-order valence-corrected chi connectivity index (χ4v) is 3.27. The fourth-order valence-electron chi connectivity index (χ4n) is 1.40. The average Bonchev–Trinajstić information content (AvgIpc) is 2.93. The molecule has 17 heavy (non-hydrogen) atoms. The minimum atomic E-state index is 0.287. The molecule has 92 valence electrons. The second-order valence-corrected chi connectivity index (χ2v) is 6.24. The van der Waals surface area contributed by atoms with Crippen LogP contribution in [-0.2, 0) is 0 Å². The van der Waals surface area contributed by atoms with E-state index in [9.17, 15) is 0 Å². The van der Waals surface area contributed by atoms with Crippen LogP contribution < -0.4 is 5.32 Å². The van der Waals surface area contributed by atoms with E-state index in [0.29, 0.717) is 4.34 Å². The highest BCUT2D eigenvalue weighted by molar-refractivity contribution is 7.22. The predicted octanol–water partition coefficient (Wildman–Crippen LogP) is 3.98. The number of hydrogen-bond acceptors (Lipinski definition) is 5. The van der Waals surface area contributed by atoms with Crippen molar-refractivity contribution in [3.05, 3.63) is 21.6 Å². The third kappa shape index (κ3) is 3.25. The van der Waals surface area contributed by atoms with Gasteiger partial charge in [0.2, 0.25) is 0 Å². The minimum Gasteiger partial charge on any atom is -0.309 e. The summed E-state index contributed by atoms with van der Waals surface area (Å²) < 4.78 is 0.703. The van der Waals surface area contributed by atoms with Gasteiger partial charge in [-0.25, -0.2) is 9.97 Å². The van der Waals surface area contributed by atoms with Gasteiger partial charge in [-0.1, -0.05) is 29.9 Å². The molecule has 2 heterocycles. The average molecular weight is 288 g/mol. The Bertz CT molecular complexity index is 481. The van der Waals surface area contributed by atoms with Gasteiger partial charge in [-0.2, -0.15) is 0 Å². The van der Waals surface area contributed by atoms with Crippen molar-refractivity contribution in [3.63, 3.8) is 0 Å². The molecule has 0 radical (unpaired) electrons. The van der Waals surface area contributed by atoms with Gasteiger partial charge >= 0.3 is 0 Å². The van der Waals surface area contributed by atoms with Gasteiger partial charge in [0.25, 0.3) is 0 Å². The van der Waals surface area contributed by atoms with Crippen molar-refractivity contribution < 1.29 is 0 Å². The first-order valence-corrected chi connectivity index (χ1v) is 7.58. The summed E-state index contributed by atoms with van der Waals surface area (Å²) in [6.45, 7) is 5.30. The highest BCUT2D eigenvalue weighted by atomic mass is 35.5. The molecular weight excluding hydrogens is 274 g/mol. The van der Waals surface area contributed by atoms with E-state index in [1.165, 1.54) is 11.3 Å². The highest BCUT2D eigenvalue weighted by Gasteiger charge is 2.12. The Hall–Kier alpha value is -0.490. The van der Waals surface area contributed by atoms with E-state index >= 15 is 0 Å². The van der Waals surface area contributed by atoms with Crippen molar-refractivity contribution in [2.75, 3.05) is 6.54 Å². The zero-order chi connectivity index (χ0) is 12.3. The van der Waals surface area contributed by atoms with Gasteiger partial charge in [0.1, 0.15) is 4.34 Å². The second kappa shape index (κ2) is 5.91. The summed E-state index contributed by atoms with van der Waals surface area (Å²) >= 11 is 8.95. The normalized spacial score (nSPS) is 12.9. The van der Waals surface area contributed by atoms with Crippen molar-refractivity contribution >= 4 is 34.3 Å². The van der Waals surface area contributed by atoms with E-state index in [1.807, 2.05) is 0 Å². The van der Waals surface area contributed by atoms with Crippen LogP contribution >= 0.6 is 34.3 Å². The molecule has 6 heteroatoms. The molecule has 1 unspecified atom stereocenters. The molecule has 0 saturated heterocycles. The summed E-state index contributed by atoms with van der Waals surface area (Å²) in [5, 5.41) is 7.34. The van der Waals surface area contributed by atoms with Crippen LogP contribution in [0.25, 0.3) is 10.0 Å². The smallest absolute Gasteiger partial charge is 0.153 e. The van der Waals surface area contributed by atoms with E-state index in [0.717, 1.165) is 28.7 Å². The lowest BCUT2D eigenvalue weighted by Crippen LogP contribution is -2.19. The van der Waals surface area contributed by atoms with Crippen LogP contribution in [0.1, 0.15) is 32.0 Å². The van der Waals surface area contributed by atoms with Gasteiger partial charge in [-0.05, 0) is 19.9 Å². The molecule has 3 nitrogen and oxygen atoms in total. The Morgan fingerprint density at radius 1 is 1.47 bits per heavy atom. The summed E-state index contributed by atoms with van der Waals surface area (Å²) in [7, 11) is 0. The molecule has 0 spiro atoms. The van der Waals surface area contributed by atoms with Gasteiger partial charge in [-0.15, -0.1) is 11.3 Å². The fraction of sp³-hybridized carbons (Fsp3) is 0.455. The lowest BCUT2D eigenvalue weighted by molar-refractivity contribution is 0.561. The lowest BCUT2D eigenvalue weighted by atomic mass is 10.2. The molecule has 0 bridgehead atoms. The van der Waals surface area contributed by atoms with Gasteiger partial charge in [0.15, 0.2) is 10.0 Å².